The van der Waals surface area contributed by atoms with Crippen molar-refractivity contribution >= 4 is 23.2 Å². The van der Waals surface area contributed by atoms with Crippen molar-refractivity contribution in [2.24, 2.45) is 0 Å². The lowest BCUT2D eigenvalue weighted by atomic mass is 10.2. The second-order valence-corrected chi connectivity index (χ2v) is 4.34. The predicted molar refractivity (Wildman–Crippen MR) is 68.0 cm³/mol. The molecule has 0 saturated heterocycles. The zero-order valence-corrected chi connectivity index (χ0v) is 10.9. The predicted octanol–water partition coefficient (Wildman–Crippen LogP) is 4.19. The van der Waals surface area contributed by atoms with E-state index in [2.05, 4.69) is 10.2 Å². The molecule has 0 aliphatic rings. The van der Waals surface area contributed by atoms with Gasteiger partial charge in [-0.3, -0.25) is 0 Å². The summed E-state index contributed by atoms with van der Waals surface area (Å²) in [7, 11) is 0. The molecule has 3 nitrogen and oxygen atoms in total. The molecule has 1 aromatic carbocycles. The van der Waals surface area contributed by atoms with Crippen LogP contribution in [0, 0.1) is 13.8 Å². The number of nitrogens with zero attached hydrogens (tertiary/aromatic N) is 2. The average Bonchev–Trinajstić information content (AvgIpc) is 2.32. The van der Waals surface area contributed by atoms with Crippen LogP contribution in [-0.4, -0.2) is 10.2 Å². The topological polar surface area (TPSA) is 35.0 Å². The standard InChI is InChI=1S/C12H10Cl2N2O/c1-7-8(2)12(16-15-11(7)14)17-10-6-4-3-5-9(10)13/h3-6H,1-2H3. The molecule has 88 valence electrons. The summed E-state index contributed by atoms with van der Waals surface area (Å²) in [6.45, 7) is 3.74. The molecule has 0 aliphatic carbocycles. The monoisotopic (exact) mass is 268 g/mol. The first-order chi connectivity index (χ1) is 8.09. The van der Waals surface area contributed by atoms with Crippen molar-refractivity contribution in [2.45, 2.75) is 13.8 Å². The van der Waals surface area contributed by atoms with Crippen LogP contribution in [0.3, 0.4) is 0 Å². The highest BCUT2D eigenvalue weighted by molar-refractivity contribution is 6.32. The molecule has 5 heteroatoms. The number of benzene rings is 1. The third-order valence-corrected chi connectivity index (χ3v) is 3.14. The number of ether oxygens (including phenoxy) is 1. The molecule has 0 atom stereocenters. The van der Waals surface area contributed by atoms with E-state index >= 15 is 0 Å². The summed E-state index contributed by atoms with van der Waals surface area (Å²) in [5, 5.41) is 8.64. The average molecular weight is 269 g/mol. The molecule has 0 aliphatic heterocycles. The Balaban J connectivity index is 2.38. The summed E-state index contributed by atoms with van der Waals surface area (Å²) in [4.78, 5) is 0. The Morgan fingerprint density at radius 3 is 2.41 bits per heavy atom. The van der Waals surface area contributed by atoms with Crippen molar-refractivity contribution in [3.05, 3.63) is 45.6 Å². The van der Waals surface area contributed by atoms with E-state index in [1.807, 2.05) is 26.0 Å². The van der Waals surface area contributed by atoms with Gasteiger partial charge in [-0.25, -0.2) is 0 Å². The first kappa shape index (κ1) is 12.1. The van der Waals surface area contributed by atoms with Gasteiger partial charge in [0.15, 0.2) is 5.15 Å². The van der Waals surface area contributed by atoms with Crippen molar-refractivity contribution in [2.75, 3.05) is 0 Å². The molecule has 0 fully saturated rings. The quantitative estimate of drug-likeness (QED) is 0.819. The molecule has 17 heavy (non-hydrogen) atoms. The highest BCUT2D eigenvalue weighted by Gasteiger charge is 2.11. The Kier molecular flexibility index (Phi) is 3.50. The van der Waals surface area contributed by atoms with E-state index in [1.54, 1.807) is 12.1 Å². The van der Waals surface area contributed by atoms with Crippen molar-refractivity contribution < 1.29 is 4.74 Å². The van der Waals surface area contributed by atoms with Crippen LogP contribution in [0.1, 0.15) is 11.1 Å². The zero-order valence-electron chi connectivity index (χ0n) is 9.37. The van der Waals surface area contributed by atoms with Crippen LogP contribution in [-0.2, 0) is 0 Å². The number of hydrogen-bond donors (Lipinski definition) is 0. The van der Waals surface area contributed by atoms with E-state index < -0.39 is 0 Å². The fourth-order valence-electron chi connectivity index (χ4n) is 1.28. The molecule has 0 radical (unpaired) electrons. The Labute approximate surface area is 109 Å². The van der Waals surface area contributed by atoms with Gasteiger partial charge in [0.1, 0.15) is 5.75 Å². The molecule has 2 aromatic rings. The van der Waals surface area contributed by atoms with Crippen LogP contribution in [0.4, 0.5) is 0 Å². The highest BCUT2D eigenvalue weighted by atomic mass is 35.5. The first-order valence-corrected chi connectivity index (χ1v) is 5.77. The summed E-state index contributed by atoms with van der Waals surface area (Å²) in [5.41, 5.74) is 1.70. The summed E-state index contributed by atoms with van der Waals surface area (Å²) in [6, 6.07) is 7.20. The second kappa shape index (κ2) is 4.90. The Morgan fingerprint density at radius 1 is 1.00 bits per heavy atom. The van der Waals surface area contributed by atoms with Crippen LogP contribution in [0.5, 0.6) is 11.6 Å². The molecule has 0 spiro atoms. The summed E-state index contributed by atoms with van der Waals surface area (Å²) < 4.78 is 5.61. The van der Waals surface area contributed by atoms with E-state index in [0.717, 1.165) is 11.1 Å². The number of para-hydroxylation sites is 1. The number of aromatic nitrogens is 2. The van der Waals surface area contributed by atoms with Crippen molar-refractivity contribution in [1.29, 1.82) is 0 Å². The molecule has 0 unspecified atom stereocenters. The Hall–Kier alpha value is -1.32. The minimum atomic E-state index is 0.383. The van der Waals surface area contributed by atoms with Crippen LogP contribution in [0.2, 0.25) is 10.2 Å². The number of halogens is 2. The van der Waals surface area contributed by atoms with Gasteiger partial charge >= 0.3 is 0 Å². The lowest BCUT2D eigenvalue weighted by Crippen LogP contribution is -1.97. The lowest BCUT2D eigenvalue weighted by Gasteiger charge is -2.10. The van der Waals surface area contributed by atoms with E-state index in [-0.39, 0.29) is 0 Å². The molecule has 0 saturated carbocycles. The Morgan fingerprint density at radius 2 is 1.71 bits per heavy atom. The van der Waals surface area contributed by atoms with Gasteiger partial charge in [0, 0.05) is 5.56 Å². The van der Waals surface area contributed by atoms with Crippen molar-refractivity contribution in [3.63, 3.8) is 0 Å². The second-order valence-electron chi connectivity index (χ2n) is 3.58. The smallest absolute Gasteiger partial charge is 0.242 e. The fourth-order valence-corrected chi connectivity index (χ4v) is 1.64. The molecular weight excluding hydrogens is 259 g/mol. The SMILES string of the molecule is Cc1c(Cl)nnc(Oc2ccccc2Cl)c1C. The zero-order chi connectivity index (χ0) is 12.4. The lowest BCUT2D eigenvalue weighted by molar-refractivity contribution is 0.450. The largest absolute Gasteiger partial charge is 0.436 e. The van der Waals surface area contributed by atoms with Crippen LogP contribution in [0.15, 0.2) is 24.3 Å². The van der Waals surface area contributed by atoms with Crippen LogP contribution >= 0.6 is 23.2 Å². The molecular formula is C12H10Cl2N2O. The van der Waals surface area contributed by atoms with Gasteiger partial charge in [-0.1, -0.05) is 35.3 Å². The number of rotatable bonds is 2. The van der Waals surface area contributed by atoms with Gasteiger partial charge in [0.25, 0.3) is 0 Å². The first-order valence-electron chi connectivity index (χ1n) is 5.01. The number of hydrogen-bond acceptors (Lipinski definition) is 3. The molecule has 0 bridgehead atoms. The summed E-state index contributed by atoms with van der Waals surface area (Å²) in [6.07, 6.45) is 0. The molecule has 0 N–H and O–H groups in total. The normalized spacial score (nSPS) is 10.4. The maximum Gasteiger partial charge on any atom is 0.242 e. The third-order valence-electron chi connectivity index (χ3n) is 2.46. The third kappa shape index (κ3) is 2.51. The van der Waals surface area contributed by atoms with Crippen LogP contribution in [0.25, 0.3) is 0 Å². The summed E-state index contributed by atoms with van der Waals surface area (Å²) >= 11 is 11.9. The van der Waals surface area contributed by atoms with E-state index in [0.29, 0.717) is 21.8 Å². The molecule has 1 aromatic heterocycles. The van der Waals surface area contributed by atoms with Gasteiger partial charge in [-0.2, -0.15) is 0 Å². The molecule has 0 amide bonds. The van der Waals surface area contributed by atoms with E-state index in [4.69, 9.17) is 27.9 Å². The van der Waals surface area contributed by atoms with E-state index in [9.17, 15) is 0 Å². The van der Waals surface area contributed by atoms with Gasteiger partial charge < -0.3 is 4.74 Å². The minimum absolute atomic E-state index is 0.383. The van der Waals surface area contributed by atoms with Crippen molar-refractivity contribution in [3.8, 4) is 11.6 Å². The fraction of sp³-hybridized carbons (Fsp3) is 0.167. The highest BCUT2D eigenvalue weighted by Crippen LogP contribution is 2.31. The van der Waals surface area contributed by atoms with Gasteiger partial charge in [-0.15, -0.1) is 10.2 Å². The van der Waals surface area contributed by atoms with E-state index in [1.165, 1.54) is 0 Å². The van der Waals surface area contributed by atoms with Crippen molar-refractivity contribution in [1.82, 2.24) is 10.2 Å². The maximum atomic E-state index is 6.00. The molecule has 1 heterocycles. The van der Waals surface area contributed by atoms with Gasteiger partial charge in [0.05, 0.1) is 5.02 Å². The minimum Gasteiger partial charge on any atom is -0.436 e. The Bertz CT molecular complexity index is 558. The van der Waals surface area contributed by atoms with Gasteiger partial charge in [-0.05, 0) is 31.5 Å². The van der Waals surface area contributed by atoms with Crippen LogP contribution < -0.4 is 4.74 Å². The van der Waals surface area contributed by atoms with Gasteiger partial charge in [0.2, 0.25) is 5.88 Å². The molecule has 2 rings (SSSR count). The maximum absolute atomic E-state index is 6.00. The summed E-state index contributed by atoms with van der Waals surface area (Å²) in [5.74, 6) is 0.966.